The Labute approximate surface area is 99.7 Å². The average Bonchev–Trinajstić information content (AvgIpc) is 2.67. The minimum Gasteiger partial charge on any atom is -0.253 e. The zero-order valence-electron chi connectivity index (χ0n) is 9.57. The Morgan fingerprint density at radius 3 is 2.29 bits per heavy atom. The van der Waals surface area contributed by atoms with E-state index in [4.69, 9.17) is 0 Å². The summed E-state index contributed by atoms with van der Waals surface area (Å²) in [7, 11) is 0. The molecule has 0 atom stereocenters. The maximum Gasteiger partial charge on any atom is 0.0717 e. The Morgan fingerprint density at radius 1 is 0.765 bits per heavy atom. The Hall–Kier alpha value is -2.15. The summed E-state index contributed by atoms with van der Waals surface area (Å²) in [5, 5.41) is 1.30. The second kappa shape index (κ2) is 2.95. The quantitative estimate of drug-likeness (QED) is 0.430. The second-order valence-corrected chi connectivity index (χ2v) is 4.56. The van der Waals surface area contributed by atoms with Crippen molar-refractivity contribution in [2.24, 2.45) is 0 Å². The van der Waals surface area contributed by atoms with Crippen LogP contribution in [0.3, 0.4) is 0 Å². The Bertz CT molecular complexity index is 757. The van der Waals surface area contributed by atoms with Crippen LogP contribution in [0.2, 0.25) is 0 Å². The molecule has 0 N–H and O–H groups in total. The molecule has 80 valence electrons. The molecule has 1 heteroatoms. The summed E-state index contributed by atoms with van der Waals surface area (Å²) < 4.78 is 0. The van der Waals surface area contributed by atoms with Crippen LogP contribution in [0.25, 0.3) is 33.2 Å². The highest BCUT2D eigenvalue weighted by atomic mass is 14.7. The van der Waals surface area contributed by atoms with E-state index in [1.807, 2.05) is 0 Å². The highest BCUT2D eigenvalue weighted by Gasteiger charge is 2.21. The average molecular weight is 217 g/mol. The second-order valence-electron chi connectivity index (χ2n) is 4.56. The fraction of sp³-hybridized carbons (Fsp3) is 0.0625. The fourth-order valence-electron chi connectivity index (χ4n) is 2.81. The molecule has 0 bridgehead atoms. The highest BCUT2D eigenvalue weighted by molar-refractivity contribution is 6.14. The van der Waals surface area contributed by atoms with E-state index >= 15 is 0 Å². The summed E-state index contributed by atoms with van der Waals surface area (Å²) in [4.78, 5) is 4.62. The molecule has 1 aliphatic rings. The summed E-state index contributed by atoms with van der Waals surface area (Å²) in [6.07, 6.45) is 0. The van der Waals surface area contributed by atoms with Crippen LogP contribution in [0, 0.1) is 6.92 Å². The molecule has 1 aromatic heterocycles. The molecular formula is C16H11N. The zero-order chi connectivity index (χ0) is 11.4. The van der Waals surface area contributed by atoms with Crippen molar-refractivity contribution >= 4 is 10.9 Å². The first-order chi connectivity index (χ1) is 8.34. The van der Waals surface area contributed by atoms with E-state index in [1.54, 1.807) is 0 Å². The third-order valence-electron chi connectivity index (χ3n) is 3.47. The van der Waals surface area contributed by atoms with Crippen LogP contribution in [-0.4, -0.2) is 4.98 Å². The van der Waals surface area contributed by atoms with Crippen molar-refractivity contribution in [3.05, 3.63) is 54.2 Å². The molecule has 0 aliphatic heterocycles. The highest BCUT2D eigenvalue weighted by Crippen LogP contribution is 2.46. The van der Waals surface area contributed by atoms with Gasteiger partial charge in [-0.25, -0.2) is 0 Å². The molecule has 0 radical (unpaired) electrons. The van der Waals surface area contributed by atoms with E-state index in [2.05, 4.69) is 60.4 Å². The SMILES string of the molecule is Cc1cc2c3c(cccc3n1)-c1ccccc1-2. The van der Waals surface area contributed by atoms with E-state index in [1.165, 1.54) is 27.6 Å². The molecular weight excluding hydrogens is 206 g/mol. The van der Waals surface area contributed by atoms with Crippen molar-refractivity contribution in [3.63, 3.8) is 0 Å². The molecule has 0 unspecified atom stereocenters. The van der Waals surface area contributed by atoms with E-state index in [0.29, 0.717) is 0 Å². The predicted molar refractivity (Wildman–Crippen MR) is 70.9 cm³/mol. The largest absolute Gasteiger partial charge is 0.253 e. The normalized spacial score (nSPS) is 11.8. The van der Waals surface area contributed by atoms with Gasteiger partial charge in [-0.1, -0.05) is 36.4 Å². The number of benzene rings is 2. The van der Waals surface area contributed by atoms with Gasteiger partial charge in [0, 0.05) is 11.1 Å². The predicted octanol–water partition coefficient (Wildman–Crippen LogP) is 4.19. The van der Waals surface area contributed by atoms with Crippen LogP contribution in [0.5, 0.6) is 0 Å². The van der Waals surface area contributed by atoms with Gasteiger partial charge in [0.15, 0.2) is 0 Å². The summed E-state index contributed by atoms with van der Waals surface area (Å²) in [6.45, 7) is 2.06. The Balaban J connectivity index is 2.30. The molecule has 17 heavy (non-hydrogen) atoms. The first-order valence-electron chi connectivity index (χ1n) is 5.85. The number of aromatic nitrogens is 1. The molecule has 1 heterocycles. The summed E-state index contributed by atoms with van der Waals surface area (Å²) in [5.74, 6) is 0. The maximum atomic E-state index is 4.62. The molecule has 2 aromatic carbocycles. The number of pyridine rings is 1. The lowest BCUT2D eigenvalue weighted by molar-refractivity contribution is 1.26. The van der Waals surface area contributed by atoms with E-state index in [9.17, 15) is 0 Å². The molecule has 0 amide bonds. The van der Waals surface area contributed by atoms with Crippen LogP contribution < -0.4 is 0 Å². The van der Waals surface area contributed by atoms with Gasteiger partial charge < -0.3 is 0 Å². The Kier molecular flexibility index (Phi) is 1.55. The number of aryl methyl sites for hydroxylation is 1. The van der Waals surface area contributed by atoms with Gasteiger partial charge >= 0.3 is 0 Å². The van der Waals surface area contributed by atoms with Crippen LogP contribution in [0.4, 0.5) is 0 Å². The minimum absolute atomic E-state index is 1.08. The van der Waals surface area contributed by atoms with E-state index < -0.39 is 0 Å². The van der Waals surface area contributed by atoms with Crippen LogP contribution in [-0.2, 0) is 0 Å². The molecule has 0 saturated heterocycles. The van der Waals surface area contributed by atoms with Crippen LogP contribution in [0.15, 0.2) is 48.5 Å². The van der Waals surface area contributed by atoms with Gasteiger partial charge in [0.1, 0.15) is 0 Å². The van der Waals surface area contributed by atoms with Crippen molar-refractivity contribution in [2.75, 3.05) is 0 Å². The summed E-state index contributed by atoms with van der Waals surface area (Å²) in [6, 6.07) is 17.2. The summed E-state index contributed by atoms with van der Waals surface area (Å²) in [5.41, 5.74) is 7.51. The monoisotopic (exact) mass is 217 g/mol. The standard InChI is InChI=1S/C16H11N/c1-10-9-14-12-6-3-2-5-11(12)13-7-4-8-15(17-10)16(13)14/h2-9H,1H3. The number of rotatable bonds is 0. The van der Waals surface area contributed by atoms with Gasteiger partial charge in [-0.05, 0) is 41.3 Å². The summed E-state index contributed by atoms with van der Waals surface area (Å²) >= 11 is 0. The molecule has 3 aromatic rings. The van der Waals surface area contributed by atoms with Crippen molar-refractivity contribution in [2.45, 2.75) is 6.92 Å². The van der Waals surface area contributed by atoms with Gasteiger partial charge in [-0.2, -0.15) is 0 Å². The van der Waals surface area contributed by atoms with Crippen LogP contribution >= 0.6 is 0 Å². The number of hydrogen-bond donors (Lipinski definition) is 0. The number of nitrogens with zero attached hydrogens (tertiary/aromatic N) is 1. The number of fused-ring (bicyclic) bond motifs is 3. The van der Waals surface area contributed by atoms with Crippen molar-refractivity contribution in [1.29, 1.82) is 0 Å². The van der Waals surface area contributed by atoms with E-state index in [-0.39, 0.29) is 0 Å². The maximum absolute atomic E-state index is 4.62. The lowest BCUT2D eigenvalue weighted by Gasteiger charge is -2.02. The molecule has 1 aliphatic carbocycles. The minimum atomic E-state index is 1.08. The van der Waals surface area contributed by atoms with Crippen molar-refractivity contribution in [1.82, 2.24) is 4.98 Å². The van der Waals surface area contributed by atoms with Crippen molar-refractivity contribution in [3.8, 4) is 22.3 Å². The molecule has 0 spiro atoms. The Morgan fingerprint density at radius 2 is 1.47 bits per heavy atom. The molecule has 1 nitrogen and oxygen atoms in total. The van der Waals surface area contributed by atoms with Gasteiger partial charge in [0.05, 0.1) is 5.52 Å². The lowest BCUT2D eigenvalue weighted by Crippen LogP contribution is -1.84. The van der Waals surface area contributed by atoms with Gasteiger partial charge in [-0.15, -0.1) is 0 Å². The molecule has 0 saturated carbocycles. The molecule has 4 rings (SSSR count). The topological polar surface area (TPSA) is 12.9 Å². The fourth-order valence-corrected chi connectivity index (χ4v) is 2.81. The smallest absolute Gasteiger partial charge is 0.0717 e. The third kappa shape index (κ3) is 1.06. The van der Waals surface area contributed by atoms with Gasteiger partial charge in [-0.3, -0.25) is 4.98 Å². The first-order valence-corrected chi connectivity index (χ1v) is 5.85. The van der Waals surface area contributed by atoms with Crippen molar-refractivity contribution < 1.29 is 0 Å². The van der Waals surface area contributed by atoms with Gasteiger partial charge in [0.25, 0.3) is 0 Å². The van der Waals surface area contributed by atoms with Crippen LogP contribution in [0.1, 0.15) is 5.69 Å². The third-order valence-corrected chi connectivity index (χ3v) is 3.47. The lowest BCUT2D eigenvalue weighted by atomic mass is 10.1. The zero-order valence-corrected chi connectivity index (χ0v) is 9.57. The number of hydrogen-bond acceptors (Lipinski definition) is 1. The molecule has 0 fully saturated rings. The van der Waals surface area contributed by atoms with Gasteiger partial charge in [0.2, 0.25) is 0 Å². The first kappa shape index (κ1) is 8.94. The van der Waals surface area contributed by atoms with E-state index in [0.717, 1.165) is 11.2 Å².